The number of nitrogens with two attached hydrogens (primary N) is 1. The zero-order chi connectivity index (χ0) is 14.7. The fourth-order valence-electron chi connectivity index (χ4n) is 2.31. The van der Waals surface area contributed by atoms with Gasteiger partial charge in [-0.2, -0.15) is 0 Å². The van der Waals surface area contributed by atoms with Crippen LogP contribution in [-0.2, 0) is 0 Å². The summed E-state index contributed by atoms with van der Waals surface area (Å²) < 4.78 is 5.79. The topological polar surface area (TPSA) is 72.4 Å². The summed E-state index contributed by atoms with van der Waals surface area (Å²) in [6.07, 6.45) is 1.69. The highest BCUT2D eigenvalue weighted by Crippen LogP contribution is 2.37. The van der Waals surface area contributed by atoms with Crippen LogP contribution < -0.4 is 10.6 Å². The Morgan fingerprint density at radius 2 is 2.05 bits per heavy atom. The minimum absolute atomic E-state index is 0.408. The Labute approximate surface area is 118 Å². The molecular formula is C15H19N3O2. The van der Waals surface area contributed by atoms with Crippen molar-refractivity contribution in [3.05, 3.63) is 35.7 Å². The van der Waals surface area contributed by atoms with E-state index in [4.69, 9.17) is 10.2 Å². The van der Waals surface area contributed by atoms with Crippen LogP contribution in [0.3, 0.4) is 0 Å². The molecular weight excluding hydrogens is 254 g/mol. The quantitative estimate of drug-likeness (QED) is 0.908. The average molecular weight is 273 g/mol. The van der Waals surface area contributed by atoms with E-state index in [-0.39, 0.29) is 0 Å². The molecule has 0 saturated carbocycles. The number of rotatable bonds is 5. The third kappa shape index (κ3) is 2.39. The van der Waals surface area contributed by atoms with E-state index in [2.05, 4.69) is 4.98 Å². The van der Waals surface area contributed by atoms with Crippen LogP contribution in [0.4, 0.5) is 5.88 Å². The molecule has 0 fully saturated rings. The maximum atomic E-state index is 11.7. The number of pyridine rings is 1. The van der Waals surface area contributed by atoms with E-state index in [1.807, 2.05) is 36.9 Å². The molecule has 2 rings (SSSR count). The van der Waals surface area contributed by atoms with Crippen molar-refractivity contribution in [2.45, 2.75) is 20.8 Å². The van der Waals surface area contributed by atoms with Crippen LogP contribution in [0, 0.1) is 6.92 Å². The van der Waals surface area contributed by atoms with Crippen molar-refractivity contribution in [1.29, 1.82) is 0 Å². The van der Waals surface area contributed by atoms with Crippen molar-refractivity contribution in [1.82, 2.24) is 4.98 Å². The number of nitrogens with zero attached hydrogens (tertiary/aromatic N) is 2. The van der Waals surface area contributed by atoms with Crippen molar-refractivity contribution in [2.75, 3.05) is 18.0 Å². The van der Waals surface area contributed by atoms with Crippen LogP contribution in [0.15, 0.2) is 28.8 Å². The number of carbonyl (C=O) groups excluding carboxylic acids is 1. The number of hydrogen-bond donors (Lipinski definition) is 1. The molecule has 106 valence electrons. The van der Waals surface area contributed by atoms with E-state index in [1.165, 1.54) is 0 Å². The Hall–Kier alpha value is -2.30. The molecule has 0 aliphatic rings. The average Bonchev–Trinajstić information content (AvgIpc) is 2.79. The maximum absolute atomic E-state index is 11.7. The lowest BCUT2D eigenvalue weighted by molar-refractivity contribution is 0.0999. The number of aryl methyl sites for hydroxylation is 1. The van der Waals surface area contributed by atoms with Gasteiger partial charge in [0.25, 0.3) is 5.91 Å². The minimum atomic E-state index is -0.495. The van der Waals surface area contributed by atoms with Crippen LogP contribution in [0.5, 0.6) is 0 Å². The van der Waals surface area contributed by atoms with E-state index in [0.717, 1.165) is 13.1 Å². The molecule has 2 aromatic heterocycles. The van der Waals surface area contributed by atoms with E-state index in [9.17, 15) is 4.79 Å². The molecule has 0 saturated heterocycles. The fraction of sp³-hybridized carbons (Fsp3) is 0.333. The van der Waals surface area contributed by atoms with E-state index in [1.54, 1.807) is 13.1 Å². The van der Waals surface area contributed by atoms with Crippen molar-refractivity contribution in [2.24, 2.45) is 5.73 Å². The number of hydrogen-bond acceptors (Lipinski definition) is 4. The van der Waals surface area contributed by atoms with Gasteiger partial charge in [0.2, 0.25) is 5.88 Å². The first-order valence-corrected chi connectivity index (χ1v) is 6.69. The SMILES string of the molecule is CCN(CC)c1oc(C)c(C(N)=O)c1-c1ccccn1. The van der Waals surface area contributed by atoms with Crippen molar-refractivity contribution in [3.63, 3.8) is 0 Å². The van der Waals surface area contributed by atoms with Crippen LogP contribution in [0.25, 0.3) is 11.3 Å². The first kappa shape index (κ1) is 14.1. The third-order valence-electron chi connectivity index (χ3n) is 3.28. The Morgan fingerprint density at radius 1 is 1.35 bits per heavy atom. The molecule has 0 bridgehead atoms. The van der Waals surface area contributed by atoms with Gasteiger partial charge in [0.1, 0.15) is 5.76 Å². The molecule has 0 aliphatic carbocycles. The standard InChI is InChI=1S/C15H19N3O2/c1-4-18(5-2)15-13(11-8-6-7-9-17-11)12(14(16)19)10(3)20-15/h6-9H,4-5H2,1-3H3,(H2,16,19). The highest BCUT2D eigenvalue weighted by molar-refractivity contribution is 6.03. The van der Waals surface area contributed by atoms with Crippen molar-refractivity contribution < 1.29 is 9.21 Å². The van der Waals surface area contributed by atoms with E-state index < -0.39 is 5.91 Å². The second kappa shape index (κ2) is 5.77. The first-order chi connectivity index (χ1) is 9.60. The predicted octanol–water partition coefficient (Wildman–Crippen LogP) is 2.60. The Morgan fingerprint density at radius 3 is 2.55 bits per heavy atom. The smallest absolute Gasteiger partial charge is 0.253 e. The van der Waals surface area contributed by atoms with Gasteiger partial charge in [0.05, 0.1) is 16.8 Å². The normalized spacial score (nSPS) is 10.6. The lowest BCUT2D eigenvalue weighted by Gasteiger charge is -2.19. The lowest BCUT2D eigenvalue weighted by Crippen LogP contribution is -2.22. The molecule has 5 heteroatoms. The number of carbonyl (C=O) groups is 1. The van der Waals surface area contributed by atoms with Crippen LogP contribution in [0.2, 0.25) is 0 Å². The molecule has 2 N–H and O–H groups in total. The molecule has 1 amide bonds. The number of amides is 1. The molecule has 0 unspecified atom stereocenters. The summed E-state index contributed by atoms with van der Waals surface area (Å²) in [6, 6.07) is 5.56. The monoisotopic (exact) mass is 273 g/mol. The molecule has 5 nitrogen and oxygen atoms in total. The van der Waals surface area contributed by atoms with Gasteiger partial charge in [-0.15, -0.1) is 0 Å². The van der Waals surface area contributed by atoms with Crippen LogP contribution in [-0.4, -0.2) is 24.0 Å². The summed E-state index contributed by atoms with van der Waals surface area (Å²) in [7, 11) is 0. The van der Waals surface area contributed by atoms with Gasteiger partial charge < -0.3 is 15.1 Å². The minimum Gasteiger partial charge on any atom is -0.444 e. The molecule has 2 heterocycles. The zero-order valence-corrected chi connectivity index (χ0v) is 12.0. The van der Waals surface area contributed by atoms with Gasteiger partial charge in [-0.1, -0.05) is 6.07 Å². The molecule has 0 aliphatic heterocycles. The molecule has 0 aromatic carbocycles. The zero-order valence-electron chi connectivity index (χ0n) is 12.0. The number of primary amides is 1. The number of anilines is 1. The van der Waals surface area contributed by atoms with Crippen molar-refractivity contribution in [3.8, 4) is 11.3 Å². The Bertz CT molecular complexity index is 601. The fourth-order valence-corrected chi connectivity index (χ4v) is 2.31. The number of furan rings is 1. The third-order valence-corrected chi connectivity index (χ3v) is 3.28. The Balaban J connectivity index is 2.70. The van der Waals surface area contributed by atoms with Gasteiger partial charge in [0, 0.05) is 19.3 Å². The van der Waals surface area contributed by atoms with Gasteiger partial charge in [-0.3, -0.25) is 9.78 Å². The summed E-state index contributed by atoms with van der Waals surface area (Å²) in [5.41, 5.74) is 7.29. The van der Waals surface area contributed by atoms with E-state index >= 15 is 0 Å². The summed E-state index contributed by atoms with van der Waals surface area (Å²) in [6.45, 7) is 7.38. The molecule has 0 radical (unpaired) electrons. The summed E-state index contributed by atoms with van der Waals surface area (Å²) in [5.74, 6) is 0.686. The lowest BCUT2D eigenvalue weighted by atomic mass is 10.1. The van der Waals surface area contributed by atoms with Gasteiger partial charge >= 0.3 is 0 Å². The highest BCUT2D eigenvalue weighted by atomic mass is 16.4. The largest absolute Gasteiger partial charge is 0.444 e. The van der Waals surface area contributed by atoms with Gasteiger partial charge in [-0.05, 0) is 32.9 Å². The predicted molar refractivity (Wildman–Crippen MR) is 78.8 cm³/mol. The second-order valence-corrected chi connectivity index (χ2v) is 4.46. The van der Waals surface area contributed by atoms with E-state index in [0.29, 0.717) is 28.5 Å². The molecule has 20 heavy (non-hydrogen) atoms. The number of aromatic nitrogens is 1. The van der Waals surface area contributed by atoms with Crippen LogP contribution >= 0.6 is 0 Å². The first-order valence-electron chi connectivity index (χ1n) is 6.69. The van der Waals surface area contributed by atoms with Crippen molar-refractivity contribution >= 4 is 11.8 Å². The maximum Gasteiger partial charge on any atom is 0.253 e. The molecule has 0 atom stereocenters. The highest BCUT2D eigenvalue weighted by Gasteiger charge is 2.26. The van der Waals surface area contributed by atoms with Crippen LogP contribution in [0.1, 0.15) is 30.0 Å². The van der Waals surface area contributed by atoms with Gasteiger partial charge in [0.15, 0.2) is 0 Å². The summed E-state index contributed by atoms with van der Waals surface area (Å²) >= 11 is 0. The summed E-state index contributed by atoms with van der Waals surface area (Å²) in [5, 5.41) is 0. The Kier molecular flexibility index (Phi) is 4.08. The van der Waals surface area contributed by atoms with Gasteiger partial charge in [-0.25, -0.2) is 0 Å². The second-order valence-electron chi connectivity index (χ2n) is 4.46. The molecule has 0 spiro atoms. The summed E-state index contributed by atoms with van der Waals surface area (Å²) in [4.78, 5) is 18.1. The molecule has 2 aromatic rings.